The van der Waals surface area contributed by atoms with Crippen molar-refractivity contribution in [2.75, 3.05) is 11.9 Å². The van der Waals surface area contributed by atoms with E-state index in [4.69, 9.17) is 10.5 Å². The first-order valence-corrected chi connectivity index (χ1v) is 6.36. The van der Waals surface area contributed by atoms with Gasteiger partial charge in [-0.25, -0.2) is 0 Å². The number of halogens is 1. The second-order valence-corrected chi connectivity index (χ2v) is 4.87. The summed E-state index contributed by atoms with van der Waals surface area (Å²) in [5.74, 6) is 0.378. The summed E-state index contributed by atoms with van der Waals surface area (Å²) in [6.07, 6.45) is 2.44. The van der Waals surface area contributed by atoms with Gasteiger partial charge in [-0.3, -0.25) is 4.79 Å². The summed E-state index contributed by atoms with van der Waals surface area (Å²) in [4.78, 5) is 10.9. The number of ether oxygens (including phenoxy) is 1. The van der Waals surface area contributed by atoms with Gasteiger partial charge in [-0.05, 0) is 37.1 Å². The molecule has 3 nitrogen and oxygen atoms in total. The average molecular weight is 284 g/mol. The van der Waals surface area contributed by atoms with Crippen LogP contribution in [0.15, 0.2) is 24.3 Å². The Hall–Kier alpha value is -1.03. The van der Waals surface area contributed by atoms with Crippen molar-refractivity contribution in [2.24, 2.45) is 11.1 Å². The molecule has 1 aromatic carbocycles. The molecule has 2 rings (SSSR count). The molecule has 0 bridgehead atoms. The summed E-state index contributed by atoms with van der Waals surface area (Å²) < 4.78 is 5.68. The maximum Gasteiger partial charge on any atom is 0.248 e. The van der Waals surface area contributed by atoms with E-state index in [1.165, 1.54) is 12.8 Å². The largest absolute Gasteiger partial charge is 0.493 e. The third kappa shape index (κ3) is 2.55. The van der Waals surface area contributed by atoms with E-state index in [-0.39, 0.29) is 0 Å². The lowest BCUT2D eigenvalue weighted by atomic mass is 10.1. The van der Waals surface area contributed by atoms with Gasteiger partial charge in [0, 0.05) is 16.3 Å². The lowest BCUT2D eigenvalue weighted by Gasteiger charge is -2.13. The normalized spacial score (nSPS) is 16.8. The molecule has 0 atom stereocenters. The number of hydrogen-bond acceptors (Lipinski definition) is 2. The SMILES string of the molecule is NC(=O)c1ccc(OCC2(CBr)CC2)cc1. The molecule has 0 unspecified atom stereocenters. The first-order valence-electron chi connectivity index (χ1n) is 5.24. The van der Waals surface area contributed by atoms with Crippen LogP contribution in [0.3, 0.4) is 0 Å². The third-order valence-corrected chi connectivity index (χ3v) is 4.11. The highest BCUT2D eigenvalue weighted by Gasteiger charge is 2.42. The highest BCUT2D eigenvalue weighted by Crippen LogP contribution is 2.47. The summed E-state index contributed by atoms with van der Waals surface area (Å²) in [5.41, 5.74) is 6.00. The first-order chi connectivity index (χ1) is 7.65. The van der Waals surface area contributed by atoms with E-state index in [0.29, 0.717) is 11.0 Å². The van der Waals surface area contributed by atoms with E-state index in [9.17, 15) is 4.79 Å². The summed E-state index contributed by atoms with van der Waals surface area (Å²) in [7, 11) is 0. The van der Waals surface area contributed by atoms with Crippen molar-refractivity contribution in [1.82, 2.24) is 0 Å². The van der Waals surface area contributed by atoms with Gasteiger partial charge >= 0.3 is 0 Å². The molecule has 16 heavy (non-hydrogen) atoms. The van der Waals surface area contributed by atoms with E-state index in [1.54, 1.807) is 24.3 Å². The smallest absolute Gasteiger partial charge is 0.248 e. The van der Waals surface area contributed by atoms with Crippen LogP contribution in [0.2, 0.25) is 0 Å². The Bertz CT molecular complexity index is 385. The Morgan fingerprint density at radius 3 is 2.44 bits per heavy atom. The number of carbonyl (C=O) groups excluding carboxylic acids is 1. The van der Waals surface area contributed by atoms with Crippen molar-refractivity contribution in [3.05, 3.63) is 29.8 Å². The monoisotopic (exact) mass is 283 g/mol. The van der Waals surface area contributed by atoms with Gasteiger partial charge in [0.05, 0.1) is 6.61 Å². The minimum Gasteiger partial charge on any atom is -0.493 e. The van der Waals surface area contributed by atoms with Crippen molar-refractivity contribution in [1.29, 1.82) is 0 Å². The molecule has 0 aromatic heterocycles. The quantitative estimate of drug-likeness (QED) is 0.844. The number of rotatable bonds is 5. The van der Waals surface area contributed by atoms with Gasteiger partial charge in [0.25, 0.3) is 0 Å². The Balaban J connectivity index is 1.93. The van der Waals surface area contributed by atoms with Gasteiger partial charge in [-0.15, -0.1) is 0 Å². The molecule has 1 aliphatic carbocycles. The molecular weight excluding hydrogens is 270 g/mol. The lowest BCUT2D eigenvalue weighted by molar-refractivity contribution is 0.1000. The summed E-state index contributed by atoms with van der Waals surface area (Å²) in [5, 5.41) is 0.985. The predicted molar refractivity (Wildman–Crippen MR) is 65.9 cm³/mol. The Kier molecular flexibility index (Phi) is 3.19. The summed E-state index contributed by atoms with van der Waals surface area (Å²) in [6, 6.07) is 6.94. The molecule has 0 heterocycles. The number of amides is 1. The molecular formula is C12H14BrNO2. The van der Waals surface area contributed by atoms with Crippen molar-refractivity contribution >= 4 is 21.8 Å². The van der Waals surface area contributed by atoms with Gasteiger partial charge < -0.3 is 10.5 Å². The van der Waals surface area contributed by atoms with Crippen LogP contribution in [0.4, 0.5) is 0 Å². The van der Waals surface area contributed by atoms with Crippen LogP contribution >= 0.6 is 15.9 Å². The van der Waals surface area contributed by atoms with Crippen molar-refractivity contribution in [3.8, 4) is 5.75 Å². The van der Waals surface area contributed by atoms with E-state index >= 15 is 0 Å². The number of nitrogens with two attached hydrogens (primary N) is 1. The Morgan fingerprint density at radius 1 is 1.38 bits per heavy atom. The molecule has 2 N–H and O–H groups in total. The van der Waals surface area contributed by atoms with E-state index < -0.39 is 5.91 Å². The van der Waals surface area contributed by atoms with Crippen LogP contribution in [0.5, 0.6) is 5.75 Å². The van der Waals surface area contributed by atoms with E-state index in [0.717, 1.165) is 17.7 Å². The second-order valence-electron chi connectivity index (χ2n) is 4.31. The van der Waals surface area contributed by atoms with Gasteiger partial charge in [0.2, 0.25) is 5.91 Å². The number of hydrogen-bond donors (Lipinski definition) is 1. The Morgan fingerprint density at radius 2 is 2.00 bits per heavy atom. The molecule has 0 saturated heterocycles. The van der Waals surface area contributed by atoms with Crippen LogP contribution in [-0.2, 0) is 0 Å². The Labute approximate surface area is 103 Å². The van der Waals surface area contributed by atoms with Crippen LogP contribution < -0.4 is 10.5 Å². The van der Waals surface area contributed by atoms with Crippen LogP contribution in [0, 0.1) is 5.41 Å². The van der Waals surface area contributed by atoms with Gasteiger partial charge in [0.15, 0.2) is 0 Å². The highest BCUT2D eigenvalue weighted by atomic mass is 79.9. The van der Waals surface area contributed by atoms with Gasteiger partial charge in [0.1, 0.15) is 5.75 Å². The third-order valence-electron chi connectivity index (χ3n) is 2.92. The van der Waals surface area contributed by atoms with Crippen LogP contribution in [0.1, 0.15) is 23.2 Å². The minimum atomic E-state index is -0.411. The van der Waals surface area contributed by atoms with Crippen molar-refractivity contribution in [2.45, 2.75) is 12.8 Å². The zero-order chi connectivity index (χ0) is 11.6. The molecule has 0 radical (unpaired) electrons. The molecule has 0 aliphatic heterocycles. The molecule has 0 spiro atoms. The zero-order valence-electron chi connectivity index (χ0n) is 8.91. The molecule has 1 saturated carbocycles. The van der Waals surface area contributed by atoms with Crippen molar-refractivity contribution < 1.29 is 9.53 Å². The molecule has 86 valence electrons. The van der Waals surface area contributed by atoms with Crippen LogP contribution in [-0.4, -0.2) is 17.8 Å². The topological polar surface area (TPSA) is 52.3 Å². The van der Waals surface area contributed by atoms with Crippen molar-refractivity contribution in [3.63, 3.8) is 0 Å². The zero-order valence-corrected chi connectivity index (χ0v) is 10.5. The number of primary amides is 1. The maximum atomic E-state index is 10.9. The molecule has 1 aromatic rings. The highest BCUT2D eigenvalue weighted by molar-refractivity contribution is 9.09. The van der Waals surface area contributed by atoms with E-state index in [2.05, 4.69) is 15.9 Å². The number of carbonyl (C=O) groups is 1. The molecule has 1 fully saturated rings. The second kappa shape index (κ2) is 4.45. The van der Waals surface area contributed by atoms with E-state index in [1.807, 2.05) is 0 Å². The summed E-state index contributed by atoms with van der Waals surface area (Å²) in [6.45, 7) is 0.730. The minimum absolute atomic E-state index is 0.336. The van der Waals surface area contributed by atoms with Gasteiger partial charge in [-0.1, -0.05) is 15.9 Å². The average Bonchev–Trinajstić information content (AvgIpc) is 3.08. The fourth-order valence-corrected chi connectivity index (χ4v) is 2.17. The predicted octanol–water partition coefficient (Wildman–Crippen LogP) is 2.34. The first kappa shape index (κ1) is 11.5. The van der Waals surface area contributed by atoms with Crippen LogP contribution in [0.25, 0.3) is 0 Å². The standard InChI is InChI=1S/C12H14BrNO2/c13-7-12(5-6-12)8-16-10-3-1-9(2-4-10)11(14)15/h1-4H,5-8H2,(H2,14,15). The van der Waals surface area contributed by atoms with Gasteiger partial charge in [-0.2, -0.15) is 0 Å². The number of alkyl halides is 1. The maximum absolute atomic E-state index is 10.9. The lowest BCUT2D eigenvalue weighted by Crippen LogP contribution is -2.14. The molecule has 1 aliphatic rings. The molecule has 4 heteroatoms. The molecule has 1 amide bonds. The fourth-order valence-electron chi connectivity index (χ4n) is 1.45. The fraction of sp³-hybridized carbons (Fsp3) is 0.417. The summed E-state index contributed by atoms with van der Waals surface area (Å²) >= 11 is 3.50. The number of benzene rings is 1.